The first-order chi connectivity index (χ1) is 10.3. The summed E-state index contributed by atoms with van der Waals surface area (Å²) in [5.74, 6) is 0. The van der Waals surface area contributed by atoms with Crippen molar-refractivity contribution in [3.05, 3.63) is 36.2 Å². The zero-order chi connectivity index (χ0) is 14.2. The van der Waals surface area contributed by atoms with Gasteiger partial charge in [-0.25, -0.2) is 0 Å². The summed E-state index contributed by atoms with van der Waals surface area (Å²) in [5.41, 5.74) is 3.33. The molecule has 0 saturated carbocycles. The fourth-order valence-corrected chi connectivity index (χ4v) is 3.81. The van der Waals surface area contributed by atoms with Gasteiger partial charge in [0.15, 0.2) is 0 Å². The molecule has 4 nitrogen and oxygen atoms in total. The Morgan fingerprint density at radius 3 is 2.90 bits per heavy atom. The molecule has 0 amide bonds. The van der Waals surface area contributed by atoms with Gasteiger partial charge in [-0.1, -0.05) is 6.07 Å². The van der Waals surface area contributed by atoms with Gasteiger partial charge in [-0.05, 0) is 44.0 Å². The molecule has 1 aromatic carbocycles. The Morgan fingerprint density at radius 2 is 2.00 bits per heavy atom. The average Bonchev–Trinajstić information content (AvgIpc) is 2.94. The van der Waals surface area contributed by atoms with Crippen molar-refractivity contribution >= 4 is 11.0 Å². The van der Waals surface area contributed by atoms with Gasteiger partial charge >= 0.3 is 0 Å². The Hall–Kier alpha value is -1.52. The van der Waals surface area contributed by atoms with Gasteiger partial charge in [-0.15, -0.1) is 0 Å². The lowest BCUT2D eigenvalue weighted by molar-refractivity contribution is 0.0540. The van der Waals surface area contributed by atoms with E-state index in [0.29, 0.717) is 6.04 Å². The maximum Gasteiger partial charge on any atom is 0.0890 e. The van der Waals surface area contributed by atoms with E-state index in [4.69, 9.17) is 0 Å². The summed E-state index contributed by atoms with van der Waals surface area (Å²) in [6.45, 7) is 7.11. The van der Waals surface area contributed by atoms with Gasteiger partial charge in [0.25, 0.3) is 0 Å². The van der Waals surface area contributed by atoms with Crippen LogP contribution in [0, 0.1) is 0 Å². The lowest BCUT2D eigenvalue weighted by Crippen LogP contribution is -2.54. The number of benzene rings is 1. The largest absolute Gasteiger partial charge is 0.298 e. The summed E-state index contributed by atoms with van der Waals surface area (Å²) in [6, 6.07) is 7.90. The van der Waals surface area contributed by atoms with Crippen molar-refractivity contribution < 1.29 is 0 Å². The summed E-state index contributed by atoms with van der Waals surface area (Å²) in [4.78, 5) is 14.1. The van der Waals surface area contributed by atoms with Crippen molar-refractivity contribution in [2.45, 2.75) is 38.4 Å². The highest BCUT2D eigenvalue weighted by molar-refractivity contribution is 5.74. The highest BCUT2D eigenvalue weighted by atomic mass is 15.3. The lowest BCUT2D eigenvalue weighted by Gasteiger charge is -2.42. The normalized spacial score (nSPS) is 27.1. The Kier molecular flexibility index (Phi) is 3.36. The fraction of sp³-hybridized carbons (Fsp3) is 0.529. The molecule has 0 bridgehead atoms. The van der Waals surface area contributed by atoms with Crippen LogP contribution in [0.5, 0.6) is 0 Å². The van der Waals surface area contributed by atoms with E-state index in [1.807, 2.05) is 0 Å². The molecule has 110 valence electrons. The van der Waals surface area contributed by atoms with Crippen LogP contribution in [-0.2, 0) is 6.54 Å². The fourth-order valence-electron chi connectivity index (χ4n) is 3.81. The number of fused-ring (bicyclic) bond motifs is 2. The molecule has 0 N–H and O–H groups in total. The number of aromatic nitrogens is 2. The van der Waals surface area contributed by atoms with Crippen LogP contribution in [0.3, 0.4) is 0 Å². The topological polar surface area (TPSA) is 32.3 Å². The smallest absolute Gasteiger partial charge is 0.0890 e. The maximum absolute atomic E-state index is 4.42. The van der Waals surface area contributed by atoms with Gasteiger partial charge in [0.1, 0.15) is 0 Å². The summed E-state index contributed by atoms with van der Waals surface area (Å²) >= 11 is 0. The molecule has 2 atom stereocenters. The highest BCUT2D eigenvalue weighted by Gasteiger charge is 2.34. The molecule has 1 aromatic heterocycles. The first-order valence-electron chi connectivity index (χ1n) is 7.97. The minimum atomic E-state index is 0.636. The Balaban J connectivity index is 1.53. The number of hydrogen-bond donors (Lipinski definition) is 0. The number of nitrogens with zero attached hydrogens (tertiary/aromatic N) is 4. The van der Waals surface area contributed by atoms with Crippen LogP contribution in [-0.4, -0.2) is 51.5 Å². The van der Waals surface area contributed by atoms with Gasteiger partial charge in [-0.2, -0.15) is 0 Å². The predicted octanol–water partition coefficient (Wildman–Crippen LogP) is 2.30. The SMILES string of the molecule is C[C@@H]1CN2CCC[C@@H]2CN1Cc1ccc2nccnc2c1. The Morgan fingerprint density at radius 1 is 1.14 bits per heavy atom. The summed E-state index contributed by atoms with van der Waals surface area (Å²) in [7, 11) is 0. The van der Waals surface area contributed by atoms with Crippen LogP contribution in [0.15, 0.2) is 30.6 Å². The molecule has 2 fully saturated rings. The molecule has 0 aliphatic carbocycles. The van der Waals surface area contributed by atoms with Crippen molar-refractivity contribution in [3.63, 3.8) is 0 Å². The molecule has 4 rings (SSSR count). The third kappa shape index (κ3) is 2.54. The second kappa shape index (κ2) is 5.35. The molecule has 0 unspecified atom stereocenters. The van der Waals surface area contributed by atoms with Crippen LogP contribution in [0.2, 0.25) is 0 Å². The zero-order valence-electron chi connectivity index (χ0n) is 12.6. The average molecular weight is 282 g/mol. The first-order valence-corrected chi connectivity index (χ1v) is 7.97. The molecular formula is C17H22N4. The second-order valence-corrected chi connectivity index (χ2v) is 6.45. The van der Waals surface area contributed by atoms with Crippen LogP contribution in [0.1, 0.15) is 25.3 Å². The third-order valence-electron chi connectivity index (χ3n) is 4.99. The van der Waals surface area contributed by atoms with Crippen LogP contribution in [0.4, 0.5) is 0 Å². The zero-order valence-corrected chi connectivity index (χ0v) is 12.6. The van der Waals surface area contributed by atoms with E-state index in [-0.39, 0.29) is 0 Å². The molecule has 0 spiro atoms. The Labute approximate surface area is 125 Å². The van der Waals surface area contributed by atoms with Crippen molar-refractivity contribution in [3.8, 4) is 0 Å². The molecule has 3 heterocycles. The van der Waals surface area contributed by atoms with Crippen molar-refractivity contribution in [2.24, 2.45) is 0 Å². The van der Waals surface area contributed by atoms with E-state index in [2.05, 4.69) is 44.9 Å². The van der Waals surface area contributed by atoms with E-state index in [1.165, 1.54) is 38.0 Å². The monoisotopic (exact) mass is 282 g/mol. The molecule has 0 radical (unpaired) electrons. The maximum atomic E-state index is 4.42. The van der Waals surface area contributed by atoms with Crippen molar-refractivity contribution in [1.82, 2.24) is 19.8 Å². The van der Waals surface area contributed by atoms with Gasteiger partial charge < -0.3 is 0 Å². The van der Waals surface area contributed by atoms with Crippen LogP contribution >= 0.6 is 0 Å². The summed E-state index contributed by atoms with van der Waals surface area (Å²) in [6.07, 6.45) is 6.26. The summed E-state index contributed by atoms with van der Waals surface area (Å²) < 4.78 is 0. The summed E-state index contributed by atoms with van der Waals surface area (Å²) in [5, 5.41) is 0. The highest BCUT2D eigenvalue weighted by Crippen LogP contribution is 2.26. The van der Waals surface area contributed by atoms with E-state index >= 15 is 0 Å². The standard InChI is InChI=1S/C17H22N4/c1-13-10-20-8-2-3-15(20)12-21(13)11-14-4-5-16-17(9-14)19-7-6-18-16/h4-7,9,13,15H,2-3,8,10-12H2,1H3/t13-,15-/m1/s1. The van der Waals surface area contributed by atoms with Gasteiger partial charge in [-0.3, -0.25) is 19.8 Å². The predicted molar refractivity (Wildman–Crippen MR) is 84.0 cm³/mol. The van der Waals surface area contributed by atoms with Crippen molar-refractivity contribution in [2.75, 3.05) is 19.6 Å². The third-order valence-corrected chi connectivity index (χ3v) is 4.99. The molecule has 4 heteroatoms. The second-order valence-electron chi connectivity index (χ2n) is 6.45. The van der Waals surface area contributed by atoms with Crippen LogP contribution < -0.4 is 0 Å². The molecule has 2 aliphatic heterocycles. The number of piperazine rings is 1. The van der Waals surface area contributed by atoms with Gasteiger partial charge in [0, 0.05) is 44.1 Å². The van der Waals surface area contributed by atoms with E-state index in [9.17, 15) is 0 Å². The van der Waals surface area contributed by atoms with E-state index < -0.39 is 0 Å². The van der Waals surface area contributed by atoms with Crippen LogP contribution in [0.25, 0.3) is 11.0 Å². The van der Waals surface area contributed by atoms with Crippen molar-refractivity contribution in [1.29, 1.82) is 0 Å². The minimum absolute atomic E-state index is 0.636. The molecular weight excluding hydrogens is 260 g/mol. The lowest BCUT2D eigenvalue weighted by atomic mass is 10.1. The Bertz CT molecular complexity index is 641. The minimum Gasteiger partial charge on any atom is -0.298 e. The molecule has 2 saturated heterocycles. The van der Waals surface area contributed by atoms with E-state index in [1.54, 1.807) is 12.4 Å². The molecule has 2 aliphatic rings. The quantitative estimate of drug-likeness (QED) is 0.846. The van der Waals surface area contributed by atoms with Gasteiger partial charge in [0.2, 0.25) is 0 Å². The molecule has 21 heavy (non-hydrogen) atoms. The number of rotatable bonds is 2. The molecule has 2 aromatic rings. The van der Waals surface area contributed by atoms with E-state index in [0.717, 1.165) is 23.6 Å². The van der Waals surface area contributed by atoms with Gasteiger partial charge in [0.05, 0.1) is 11.0 Å². The number of hydrogen-bond acceptors (Lipinski definition) is 4. The first kappa shape index (κ1) is 13.2.